The van der Waals surface area contributed by atoms with Gasteiger partial charge in [0.1, 0.15) is 0 Å². The van der Waals surface area contributed by atoms with Crippen molar-refractivity contribution in [2.75, 3.05) is 5.32 Å². The maximum atomic E-state index is 12.0. The van der Waals surface area contributed by atoms with Gasteiger partial charge in [-0.05, 0) is 104 Å². The Morgan fingerprint density at radius 1 is 1.06 bits per heavy atom. The average molecular weight is 528 g/mol. The molecule has 0 bridgehead atoms. The fourth-order valence-electron chi connectivity index (χ4n) is 1.38. The van der Waals surface area contributed by atoms with Crippen molar-refractivity contribution in [2.24, 2.45) is 0 Å². The van der Waals surface area contributed by atoms with Crippen LogP contribution in [0, 0.1) is 7.14 Å². The van der Waals surface area contributed by atoms with Gasteiger partial charge in [0.15, 0.2) is 0 Å². The molecule has 1 amide bonds. The fourth-order valence-corrected chi connectivity index (χ4v) is 2.50. The van der Waals surface area contributed by atoms with E-state index in [2.05, 4.69) is 66.4 Å². The second-order valence-corrected chi connectivity index (χ2v) is 6.85. The zero-order valence-corrected chi connectivity index (χ0v) is 15.0. The Labute approximate surface area is 141 Å². The fraction of sp³-hybridized carbons (Fsp3) is 0. The van der Waals surface area contributed by atoms with Crippen molar-refractivity contribution in [3.63, 3.8) is 0 Å². The van der Waals surface area contributed by atoms with Crippen LogP contribution in [-0.2, 0) is 0 Å². The van der Waals surface area contributed by atoms with E-state index in [1.54, 1.807) is 0 Å². The smallest absolute Gasteiger partial charge is 0.255 e. The minimum Gasteiger partial charge on any atom is -0.322 e. The molecular weight excluding hydrogens is 520 g/mol. The first-order valence-electron chi connectivity index (χ1n) is 5.08. The maximum Gasteiger partial charge on any atom is 0.255 e. The molecule has 0 aromatic heterocycles. The molecule has 0 aliphatic carbocycles. The number of halogens is 3. The standard InChI is InChI=1S/C13H8BrI2NO/c14-11-6-5-10(7-12(11)16)17-13(18)8-1-3-9(15)4-2-8/h1-7H,(H,17,18). The first-order chi connectivity index (χ1) is 8.56. The highest BCUT2D eigenvalue weighted by atomic mass is 127. The third kappa shape index (κ3) is 3.67. The van der Waals surface area contributed by atoms with Gasteiger partial charge >= 0.3 is 0 Å². The SMILES string of the molecule is O=C(Nc1ccc(Br)c(I)c1)c1ccc(I)cc1. The lowest BCUT2D eigenvalue weighted by molar-refractivity contribution is 0.102. The minimum atomic E-state index is -0.0930. The van der Waals surface area contributed by atoms with E-state index in [1.165, 1.54) is 0 Å². The first-order valence-corrected chi connectivity index (χ1v) is 8.03. The molecule has 0 fully saturated rings. The van der Waals surface area contributed by atoms with Crippen LogP contribution in [0.2, 0.25) is 0 Å². The summed E-state index contributed by atoms with van der Waals surface area (Å²) in [7, 11) is 0. The Balaban J connectivity index is 2.16. The van der Waals surface area contributed by atoms with Gasteiger partial charge in [0.25, 0.3) is 5.91 Å². The maximum absolute atomic E-state index is 12.0. The first kappa shape index (κ1) is 14.3. The largest absolute Gasteiger partial charge is 0.322 e. The lowest BCUT2D eigenvalue weighted by atomic mass is 10.2. The predicted molar refractivity (Wildman–Crippen MR) is 94.0 cm³/mol. The number of carbonyl (C=O) groups is 1. The Kier molecular flexibility index (Phi) is 5.02. The van der Waals surface area contributed by atoms with E-state index in [1.807, 2.05) is 42.5 Å². The van der Waals surface area contributed by atoms with Gasteiger partial charge in [-0.2, -0.15) is 0 Å². The summed E-state index contributed by atoms with van der Waals surface area (Å²) in [5.74, 6) is -0.0930. The second kappa shape index (κ2) is 6.33. The van der Waals surface area contributed by atoms with Crippen molar-refractivity contribution < 1.29 is 4.79 Å². The molecule has 18 heavy (non-hydrogen) atoms. The van der Waals surface area contributed by atoms with Gasteiger partial charge in [0.05, 0.1) is 0 Å². The molecule has 0 unspecified atom stereocenters. The van der Waals surface area contributed by atoms with Crippen LogP contribution in [0.3, 0.4) is 0 Å². The quantitative estimate of drug-likeness (QED) is 0.553. The molecule has 2 nitrogen and oxygen atoms in total. The van der Waals surface area contributed by atoms with Crippen molar-refractivity contribution in [1.82, 2.24) is 0 Å². The van der Waals surface area contributed by atoms with E-state index in [0.29, 0.717) is 5.56 Å². The van der Waals surface area contributed by atoms with Gasteiger partial charge in [-0.1, -0.05) is 0 Å². The van der Waals surface area contributed by atoms with Crippen LogP contribution in [0.1, 0.15) is 10.4 Å². The van der Waals surface area contributed by atoms with E-state index in [-0.39, 0.29) is 5.91 Å². The van der Waals surface area contributed by atoms with Crippen LogP contribution in [0.4, 0.5) is 5.69 Å². The zero-order valence-electron chi connectivity index (χ0n) is 9.08. The Morgan fingerprint density at radius 3 is 2.33 bits per heavy atom. The number of carbonyl (C=O) groups excluding carboxylic acids is 1. The molecule has 2 rings (SSSR count). The third-order valence-electron chi connectivity index (χ3n) is 2.28. The zero-order chi connectivity index (χ0) is 13.1. The van der Waals surface area contributed by atoms with E-state index in [0.717, 1.165) is 17.3 Å². The lowest BCUT2D eigenvalue weighted by Crippen LogP contribution is -2.11. The highest BCUT2D eigenvalue weighted by molar-refractivity contribution is 14.1. The molecular formula is C13H8BrI2NO. The summed E-state index contributed by atoms with van der Waals surface area (Å²) >= 11 is 7.86. The highest BCUT2D eigenvalue weighted by Crippen LogP contribution is 2.23. The average Bonchev–Trinajstić information content (AvgIpc) is 2.34. The molecule has 2 aromatic carbocycles. The minimum absolute atomic E-state index is 0.0930. The molecule has 0 radical (unpaired) electrons. The number of hydrogen-bond donors (Lipinski definition) is 1. The molecule has 0 heterocycles. The summed E-state index contributed by atoms with van der Waals surface area (Å²) in [5.41, 5.74) is 1.46. The summed E-state index contributed by atoms with van der Waals surface area (Å²) in [4.78, 5) is 12.0. The molecule has 0 aliphatic heterocycles. The van der Waals surface area contributed by atoms with Crippen molar-refractivity contribution in [3.05, 3.63) is 59.6 Å². The number of rotatable bonds is 2. The number of benzene rings is 2. The van der Waals surface area contributed by atoms with E-state index in [4.69, 9.17) is 0 Å². The number of amides is 1. The van der Waals surface area contributed by atoms with E-state index in [9.17, 15) is 4.79 Å². The summed E-state index contributed by atoms with van der Waals surface area (Å²) in [6.07, 6.45) is 0. The monoisotopic (exact) mass is 527 g/mol. The topological polar surface area (TPSA) is 29.1 Å². The summed E-state index contributed by atoms with van der Waals surface area (Å²) in [6, 6.07) is 13.2. The molecule has 5 heteroatoms. The van der Waals surface area contributed by atoms with Crippen LogP contribution >= 0.6 is 61.1 Å². The van der Waals surface area contributed by atoms with Crippen molar-refractivity contribution in [2.45, 2.75) is 0 Å². The number of anilines is 1. The van der Waals surface area contributed by atoms with Crippen molar-refractivity contribution in [1.29, 1.82) is 0 Å². The molecule has 0 spiro atoms. The van der Waals surface area contributed by atoms with Crippen LogP contribution in [0.15, 0.2) is 46.9 Å². The summed E-state index contributed by atoms with van der Waals surface area (Å²) in [5, 5.41) is 2.88. The van der Waals surface area contributed by atoms with Crippen molar-refractivity contribution in [3.8, 4) is 0 Å². The second-order valence-electron chi connectivity index (χ2n) is 3.59. The van der Waals surface area contributed by atoms with E-state index < -0.39 is 0 Å². The van der Waals surface area contributed by atoms with Gasteiger partial charge < -0.3 is 5.32 Å². The van der Waals surface area contributed by atoms with Gasteiger partial charge in [-0.15, -0.1) is 0 Å². The third-order valence-corrected chi connectivity index (χ3v) is 5.33. The highest BCUT2D eigenvalue weighted by Gasteiger charge is 2.06. The van der Waals surface area contributed by atoms with Gasteiger partial charge in [-0.25, -0.2) is 0 Å². The molecule has 0 saturated heterocycles. The molecule has 2 aromatic rings. The Hall–Kier alpha value is -0.150. The van der Waals surface area contributed by atoms with Crippen LogP contribution in [0.25, 0.3) is 0 Å². The van der Waals surface area contributed by atoms with Crippen LogP contribution in [-0.4, -0.2) is 5.91 Å². The van der Waals surface area contributed by atoms with E-state index >= 15 is 0 Å². The summed E-state index contributed by atoms with van der Waals surface area (Å²) < 4.78 is 3.20. The molecule has 0 atom stereocenters. The molecule has 1 N–H and O–H groups in total. The molecule has 0 saturated carbocycles. The van der Waals surface area contributed by atoms with Crippen molar-refractivity contribution >= 4 is 72.7 Å². The van der Waals surface area contributed by atoms with Gasteiger partial charge in [0.2, 0.25) is 0 Å². The summed E-state index contributed by atoms with van der Waals surface area (Å²) in [6.45, 7) is 0. The molecule has 0 aliphatic rings. The lowest BCUT2D eigenvalue weighted by Gasteiger charge is -2.06. The number of nitrogens with one attached hydrogen (secondary N) is 1. The van der Waals surface area contributed by atoms with Gasteiger partial charge in [0, 0.05) is 22.9 Å². The van der Waals surface area contributed by atoms with Crippen LogP contribution in [0.5, 0.6) is 0 Å². The number of hydrogen-bond acceptors (Lipinski definition) is 1. The van der Waals surface area contributed by atoms with Gasteiger partial charge in [-0.3, -0.25) is 4.79 Å². The molecule has 92 valence electrons. The normalized spacial score (nSPS) is 10.2. The predicted octanol–water partition coefficient (Wildman–Crippen LogP) is 4.91. The van der Waals surface area contributed by atoms with Crippen LogP contribution < -0.4 is 5.32 Å². The Morgan fingerprint density at radius 2 is 1.72 bits per heavy atom. The Bertz CT molecular complexity index is 584.